The van der Waals surface area contributed by atoms with Gasteiger partial charge in [0.15, 0.2) is 6.61 Å². The van der Waals surface area contributed by atoms with Crippen LogP contribution in [0.2, 0.25) is 0 Å². The van der Waals surface area contributed by atoms with Crippen LogP contribution in [0.25, 0.3) is 11.1 Å². The van der Waals surface area contributed by atoms with Crippen molar-refractivity contribution in [2.45, 2.75) is 12.7 Å². The topological polar surface area (TPSA) is 51.2 Å². The van der Waals surface area contributed by atoms with Gasteiger partial charge in [0.25, 0.3) is 5.91 Å². The number of aromatic nitrogens is 1. The van der Waals surface area contributed by atoms with Crippen LogP contribution in [-0.2, 0) is 6.54 Å². The molecule has 0 aliphatic rings. The summed E-state index contributed by atoms with van der Waals surface area (Å²) in [6, 6.07) is 14.4. The lowest BCUT2D eigenvalue weighted by Gasteiger charge is -2.10. The summed E-state index contributed by atoms with van der Waals surface area (Å²) in [6.07, 6.45) is -3.09. The second-order valence-corrected chi connectivity index (χ2v) is 6.53. The van der Waals surface area contributed by atoms with Gasteiger partial charge in [-0.3, -0.25) is 4.79 Å². The largest absolute Gasteiger partial charge is 0.468 e. The highest BCUT2D eigenvalue weighted by atomic mass is 32.1. The molecule has 0 saturated carbocycles. The summed E-state index contributed by atoms with van der Waals surface area (Å²) < 4.78 is 41.3. The van der Waals surface area contributed by atoms with Crippen LogP contribution in [0.5, 0.6) is 5.88 Å². The number of hydrogen-bond acceptors (Lipinski definition) is 4. The zero-order valence-corrected chi connectivity index (χ0v) is 14.8. The number of nitrogens with zero attached hydrogens (tertiary/aromatic N) is 1. The molecule has 0 saturated heterocycles. The summed E-state index contributed by atoms with van der Waals surface area (Å²) in [6.45, 7) is -1.26. The number of nitrogens with one attached hydrogen (secondary N) is 1. The van der Waals surface area contributed by atoms with Crippen LogP contribution in [0.15, 0.2) is 60.1 Å². The first-order chi connectivity index (χ1) is 12.9. The van der Waals surface area contributed by atoms with E-state index < -0.39 is 12.8 Å². The van der Waals surface area contributed by atoms with Gasteiger partial charge in [-0.1, -0.05) is 30.3 Å². The first-order valence-electron chi connectivity index (χ1n) is 7.98. The molecule has 140 valence electrons. The smallest absolute Gasteiger partial charge is 0.422 e. The van der Waals surface area contributed by atoms with Crippen LogP contribution in [0, 0.1) is 0 Å². The number of halogens is 3. The number of amides is 1. The Morgan fingerprint density at radius 1 is 1.15 bits per heavy atom. The van der Waals surface area contributed by atoms with E-state index in [1.165, 1.54) is 23.6 Å². The van der Waals surface area contributed by atoms with E-state index in [9.17, 15) is 18.0 Å². The van der Waals surface area contributed by atoms with Crippen molar-refractivity contribution in [3.05, 3.63) is 70.5 Å². The average molecular weight is 392 g/mol. The molecule has 1 N–H and O–H groups in total. The molecule has 0 fully saturated rings. The van der Waals surface area contributed by atoms with Crippen LogP contribution in [-0.4, -0.2) is 23.7 Å². The zero-order valence-electron chi connectivity index (χ0n) is 14.0. The van der Waals surface area contributed by atoms with Crippen molar-refractivity contribution in [3.8, 4) is 17.0 Å². The molecule has 0 radical (unpaired) electrons. The quantitative estimate of drug-likeness (QED) is 0.663. The van der Waals surface area contributed by atoms with E-state index in [2.05, 4.69) is 15.0 Å². The molecule has 3 rings (SSSR count). The Balaban J connectivity index is 1.64. The van der Waals surface area contributed by atoms with E-state index in [0.29, 0.717) is 10.4 Å². The normalized spacial score (nSPS) is 11.2. The summed E-state index contributed by atoms with van der Waals surface area (Å²) in [4.78, 5) is 16.8. The lowest BCUT2D eigenvalue weighted by Crippen LogP contribution is -2.22. The number of thiophene rings is 1. The van der Waals surface area contributed by atoms with Gasteiger partial charge in [0, 0.05) is 24.4 Å². The van der Waals surface area contributed by atoms with E-state index in [4.69, 9.17) is 0 Å². The van der Waals surface area contributed by atoms with Crippen LogP contribution in [0.3, 0.4) is 0 Å². The Bertz CT molecular complexity index is 911. The molecule has 3 aromatic rings. The summed E-state index contributed by atoms with van der Waals surface area (Å²) in [7, 11) is 0. The molecule has 0 aliphatic carbocycles. The molecule has 8 heteroatoms. The van der Waals surface area contributed by atoms with Crippen LogP contribution >= 0.6 is 11.3 Å². The highest BCUT2D eigenvalue weighted by molar-refractivity contribution is 7.12. The van der Waals surface area contributed by atoms with Crippen molar-refractivity contribution in [3.63, 3.8) is 0 Å². The Hall–Kier alpha value is -2.87. The lowest BCUT2D eigenvalue weighted by molar-refractivity contribution is -0.154. The maximum Gasteiger partial charge on any atom is 0.422 e. The molecule has 0 unspecified atom stereocenters. The minimum absolute atomic E-state index is 0.139. The molecular formula is C19H15F3N2O2S. The number of pyridine rings is 1. The zero-order chi connectivity index (χ0) is 19.3. The fourth-order valence-corrected chi connectivity index (χ4v) is 3.22. The third-order valence-corrected chi connectivity index (χ3v) is 4.51. The van der Waals surface area contributed by atoms with Gasteiger partial charge >= 0.3 is 6.18 Å². The van der Waals surface area contributed by atoms with E-state index in [-0.39, 0.29) is 18.3 Å². The number of carbonyl (C=O) groups is 1. The molecule has 0 aliphatic heterocycles. The fourth-order valence-electron chi connectivity index (χ4n) is 2.39. The predicted octanol–water partition coefficient (Wildman–Crippen LogP) is 4.68. The van der Waals surface area contributed by atoms with Gasteiger partial charge in [-0.05, 0) is 28.6 Å². The maximum absolute atomic E-state index is 12.5. The Morgan fingerprint density at radius 2 is 1.93 bits per heavy atom. The number of rotatable bonds is 6. The van der Waals surface area contributed by atoms with Crippen molar-refractivity contribution in [2.75, 3.05) is 6.61 Å². The molecule has 0 atom stereocenters. The standard InChI is InChI=1S/C19H15F3N2O2S/c20-19(21,22)12-26-16-10-13(6-8-23-16)11-24-18(25)17-15(7-9-27-17)14-4-2-1-3-5-14/h1-10H,11-12H2,(H,24,25). The second-order valence-electron chi connectivity index (χ2n) is 5.62. The molecule has 27 heavy (non-hydrogen) atoms. The van der Waals surface area contributed by atoms with Gasteiger partial charge in [0.1, 0.15) is 0 Å². The fraction of sp³-hybridized carbons (Fsp3) is 0.158. The third-order valence-electron chi connectivity index (χ3n) is 3.59. The van der Waals surface area contributed by atoms with Gasteiger partial charge in [-0.15, -0.1) is 11.3 Å². The number of alkyl halides is 3. The summed E-state index contributed by atoms with van der Waals surface area (Å²) in [5, 5.41) is 4.62. The SMILES string of the molecule is O=C(NCc1ccnc(OCC(F)(F)F)c1)c1sccc1-c1ccccc1. The van der Waals surface area contributed by atoms with Crippen molar-refractivity contribution in [1.82, 2.24) is 10.3 Å². The maximum atomic E-state index is 12.5. The van der Waals surface area contributed by atoms with Gasteiger partial charge in [-0.2, -0.15) is 13.2 Å². The predicted molar refractivity (Wildman–Crippen MR) is 96.7 cm³/mol. The Labute approximate surface area is 157 Å². The number of benzene rings is 1. The van der Waals surface area contributed by atoms with Crippen molar-refractivity contribution in [1.29, 1.82) is 0 Å². The Kier molecular flexibility index (Phi) is 5.75. The first-order valence-corrected chi connectivity index (χ1v) is 8.86. The molecule has 2 heterocycles. The molecule has 4 nitrogen and oxygen atoms in total. The molecule has 1 aromatic carbocycles. The average Bonchev–Trinajstić information content (AvgIpc) is 3.15. The summed E-state index contributed by atoms with van der Waals surface area (Å²) in [5.74, 6) is -0.390. The molecular weight excluding hydrogens is 377 g/mol. The molecule has 0 bridgehead atoms. The van der Waals surface area contributed by atoms with Gasteiger partial charge in [0.05, 0.1) is 4.88 Å². The van der Waals surface area contributed by atoms with Gasteiger partial charge in [-0.25, -0.2) is 4.98 Å². The minimum Gasteiger partial charge on any atom is -0.468 e. The van der Waals surface area contributed by atoms with Crippen molar-refractivity contribution in [2.24, 2.45) is 0 Å². The highest BCUT2D eigenvalue weighted by Crippen LogP contribution is 2.28. The summed E-state index contributed by atoms with van der Waals surface area (Å²) in [5.41, 5.74) is 2.37. The number of ether oxygens (including phenoxy) is 1. The van der Waals surface area contributed by atoms with Crippen molar-refractivity contribution >= 4 is 17.2 Å². The number of carbonyl (C=O) groups excluding carboxylic acids is 1. The van der Waals surface area contributed by atoms with Crippen molar-refractivity contribution < 1.29 is 22.7 Å². The molecule has 0 spiro atoms. The Morgan fingerprint density at radius 3 is 2.67 bits per heavy atom. The molecule has 1 amide bonds. The summed E-state index contributed by atoms with van der Waals surface area (Å²) >= 11 is 1.33. The van der Waals surface area contributed by atoms with E-state index in [1.54, 1.807) is 6.07 Å². The van der Waals surface area contributed by atoms with Gasteiger partial charge in [0.2, 0.25) is 5.88 Å². The second kappa shape index (κ2) is 8.22. The minimum atomic E-state index is -4.43. The first kappa shape index (κ1) is 18.9. The van der Waals surface area contributed by atoms with Crippen LogP contribution < -0.4 is 10.1 Å². The van der Waals surface area contributed by atoms with Crippen LogP contribution in [0.1, 0.15) is 15.2 Å². The van der Waals surface area contributed by atoms with E-state index >= 15 is 0 Å². The highest BCUT2D eigenvalue weighted by Gasteiger charge is 2.28. The lowest BCUT2D eigenvalue weighted by atomic mass is 10.1. The number of hydrogen-bond donors (Lipinski definition) is 1. The third kappa shape index (κ3) is 5.30. The van der Waals surface area contributed by atoms with Crippen LogP contribution in [0.4, 0.5) is 13.2 Å². The van der Waals surface area contributed by atoms with E-state index in [0.717, 1.165) is 11.1 Å². The monoisotopic (exact) mass is 392 g/mol. The van der Waals surface area contributed by atoms with Gasteiger partial charge < -0.3 is 10.1 Å². The molecule has 2 aromatic heterocycles. The van der Waals surface area contributed by atoms with E-state index in [1.807, 2.05) is 41.8 Å².